The molecule has 108 valence electrons. The molecule has 0 spiro atoms. The molecule has 21 heavy (non-hydrogen) atoms. The first-order chi connectivity index (χ1) is 10.1. The van der Waals surface area contributed by atoms with Crippen LogP contribution < -0.4 is 10.5 Å². The first kappa shape index (κ1) is 15.1. The van der Waals surface area contributed by atoms with Gasteiger partial charge in [0.05, 0.1) is 23.7 Å². The van der Waals surface area contributed by atoms with Gasteiger partial charge < -0.3 is 5.73 Å². The van der Waals surface area contributed by atoms with Crippen LogP contribution in [-0.2, 0) is 16.6 Å². The van der Waals surface area contributed by atoms with E-state index in [9.17, 15) is 8.42 Å². The maximum Gasteiger partial charge on any atom is 0.240 e. The minimum Gasteiger partial charge on any atom is -0.320 e. The molecule has 0 saturated heterocycles. The summed E-state index contributed by atoms with van der Waals surface area (Å²) in [7, 11) is -3.62. The molecule has 3 N–H and O–H groups in total. The average molecular weight is 302 g/mol. The number of hydrogen-bond donors (Lipinski definition) is 2. The summed E-state index contributed by atoms with van der Waals surface area (Å²) < 4.78 is 26.9. The summed E-state index contributed by atoms with van der Waals surface area (Å²) in [6.07, 6.45) is 1.53. The summed E-state index contributed by atoms with van der Waals surface area (Å²) in [6, 6.07) is 9.76. The van der Waals surface area contributed by atoms with E-state index >= 15 is 0 Å². The fourth-order valence-electron chi connectivity index (χ4n) is 1.57. The number of sulfonamides is 1. The van der Waals surface area contributed by atoms with Crippen LogP contribution in [0.5, 0.6) is 0 Å². The van der Waals surface area contributed by atoms with Crippen molar-refractivity contribution in [3.8, 4) is 11.8 Å². The predicted molar refractivity (Wildman–Crippen MR) is 78.4 cm³/mol. The minimum atomic E-state index is -3.62. The summed E-state index contributed by atoms with van der Waals surface area (Å²) >= 11 is 0. The van der Waals surface area contributed by atoms with Gasteiger partial charge in [0.2, 0.25) is 10.0 Å². The van der Waals surface area contributed by atoms with Gasteiger partial charge in [-0.1, -0.05) is 17.9 Å². The van der Waals surface area contributed by atoms with E-state index in [2.05, 4.69) is 26.8 Å². The Labute approximate surface area is 123 Å². The van der Waals surface area contributed by atoms with Crippen LogP contribution in [0, 0.1) is 11.8 Å². The maximum absolute atomic E-state index is 12.2. The van der Waals surface area contributed by atoms with Gasteiger partial charge in [-0.15, -0.1) is 0 Å². The van der Waals surface area contributed by atoms with Gasteiger partial charge in [0.25, 0.3) is 0 Å². The van der Waals surface area contributed by atoms with Gasteiger partial charge in [-0.25, -0.2) is 13.1 Å². The topological polar surface area (TPSA) is 98.0 Å². The first-order valence-corrected chi connectivity index (χ1v) is 7.65. The number of rotatable bonds is 4. The lowest BCUT2D eigenvalue weighted by atomic mass is 10.2. The molecule has 0 aliphatic carbocycles. The lowest BCUT2D eigenvalue weighted by Crippen LogP contribution is -2.23. The summed E-state index contributed by atoms with van der Waals surface area (Å²) in [5.41, 5.74) is 6.44. The second-order valence-electron chi connectivity index (χ2n) is 4.07. The highest BCUT2D eigenvalue weighted by molar-refractivity contribution is 7.89. The number of nitrogens with zero attached hydrogens (tertiary/aromatic N) is 2. The van der Waals surface area contributed by atoms with Crippen molar-refractivity contribution in [3.63, 3.8) is 0 Å². The van der Waals surface area contributed by atoms with Crippen LogP contribution in [0.2, 0.25) is 0 Å². The van der Waals surface area contributed by atoms with Gasteiger partial charge in [0, 0.05) is 11.8 Å². The molecule has 0 bridgehead atoms. The van der Waals surface area contributed by atoms with Crippen LogP contribution in [0.1, 0.15) is 11.3 Å². The minimum absolute atomic E-state index is 0.0783. The van der Waals surface area contributed by atoms with Crippen LogP contribution in [0.3, 0.4) is 0 Å². The third-order valence-corrected chi connectivity index (χ3v) is 3.95. The monoisotopic (exact) mass is 302 g/mol. The van der Waals surface area contributed by atoms with Crippen molar-refractivity contribution in [2.45, 2.75) is 11.4 Å². The second kappa shape index (κ2) is 6.95. The largest absolute Gasteiger partial charge is 0.320 e. The summed E-state index contributed by atoms with van der Waals surface area (Å²) in [5.74, 6) is 5.49. The molecule has 0 saturated carbocycles. The standard InChI is InChI=1S/C14H14N4O2S/c15-8-2-5-12-4-1-7-14(10-12)21(19,20)17-11-13-6-3-9-16-18-13/h1,3-4,6-7,9-10,17H,8,11,15H2. The van der Waals surface area contributed by atoms with E-state index in [0.717, 1.165) is 0 Å². The fourth-order valence-corrected chi connectivity index (χ4v) is 2.62. The van der Waals surface area contributed by atoms with Crippen molar-refractivity contribution >= 4 is 10.0 Å². The van der Waals surface area contributed by atoms with Crippen molar-refractivity contribution in [1.29, 1.82) is 0 Å². The number of aromatic nitrogens is 2. The van der Waals surface area contributed by atoms with Gasteiger partial charge in [0.1, 0.15) is 0 Å². The van der Waals surface area contributed by atoms with Crippen molar-refractivity contribution in [2.75, 3.05) is 6.54 Å². The molecule has 6 nitrogen and oxygen atoms in total. The predicted octanol–water partition coefficient (Wildman–Crippen LogP) is 0.265. The second-order valence-corrected chi connectivity index (χ2v) is 5.84. The summed E-state index contributed by atoms with van der Waals surface area (Å²) in [6.45, 7) is 0.302. The molecule has 1 aromatic carbocycles. The van der Waals surface area contributed by atoms with Crippen LogP contribution in [-0.4, -0.2) is 25.2 Å². The Morgan fingerprint density at radius 2 is 2.10 bits per heavy atom. The van der Waals surface area contributed by atoms with Gasteiger partial charge in [-0.2, -0.15) is 10.2 Å². The van der Waals surface area contributed by atoms with Gasteiger partial charge in [0.15, 0.2) is 0 Å². The molecule has 0 fully saturated rings. The fraction of sp³-hybridized carbons (Fsp3) is 0.143. The zero-order valence-corrected chi connectivity index (χ0v) is 12.0. The van der Waals surface area contributed by atoms with Crippen LogP contribution in [0.25, 0.3) is 0 Å². The van der Waals surface area contributed by atoms with Crippen molar-refractivity contribution in [2.24, 2.45) is 5.73 Å². The lowest BCUT2D eigenvalue weighted by Gasteiger charge is -2.06. The van der Waals surface area contributed by atoms with Crippen molar-refractivity contribution in [3.05, 3.63) is 53.9 Å². The van der Waals surface area contributed by atoms with Gasteiger partial charge in [-0.3, -0.25) is 0 Å². The number of benzene rings is 1. The van der Waals surface area contributed by atoms with Crippen LogP contribution >= 0.6 is 0 Å². The Bertz CT molecular complexity index is 764. The Kier molecular flexibility index (Phi) is 5.00. The zero-order valence-electron chi connectivity index (χ0n) is 11.2. The Hall–Kier alpha value is -2.27. The Balaban J connectivity index is 2.16. The smallest absolute Gasteiger partial charge is 0.240 e. The molecule has 1 aromatic heterocycles. The molecule has 0 aliphatic rings. The third-order valence-electron chi connectivity index (χ3n) is 2.55. The van der Waals surface area contributed by atoms with Gasteiger partial charge >= 0.3 is 0 Å². The highest BCUT2D eigenvalue weighted by Crippen LogP contribution is 2.11. The molecule has 0 amide bonds. The molecule has 2 rings (SSSR count). The van der Waals surface area contributed by atoms with Crippen molar-refractivity contribution < 1.29 is 8.42 Å². The normalized spacial score (nSPS) is 10.7. The van der Waals surface area contributed by atoms with E-state index in [1.807, 2.05) is 0 Å². The van der Waals surface area contributed by atoms with Crippen molar-refractivity contribution in [1.82, 2.24) is 14.9 Å². The quantitative estimate of drug-likeness (QED) is 0.790. The Morgan fingerprint density at radius 1 is 1.24 bits per heavy atom. The highest BCUT2D eigenvalue weighted by atomic mass is 32.2. The zero-order chi connectivity index (χ0) is 15.1. The van der Waals surface area contributed by atoms with Gasteiger partial charge in [-0.05, 0) is 30.3 Å². The van der Waals surface area contributed by atoms with E-state index in [1.54, 1.807) is 24.3 Å². The molecular weight excluding hydrogens is 288 g/mol. The molecule has 7 heteroatoms. The molecule has 0 aliphatic heterocycles. The number of hydrogen-bond acceptors (Lipinski definition) is 5. The lowest BCUT2D eigenvalue weighted by molar-refractivity contribution is 0.580. The Morgan fingerprint density at radius 3 is 2.81 bits per heavy atom. The molecule has 0 atom stereocenters. The molecule has 0 radical (unpaired) electrons. The van der Waals surface area contributed by atoms with E-state index < -0.39 is 10.0 Å². The SMILES string of the molecule is NCC#Cc1cccc(S(=O)(=O)NCc2cccnn2)c1. The first-order valence-electron chi connectivity index (χ1n) is 6.17. The maximum atomic E-state index is 12.2. The van der Waals surface area contributed by atoms with E-state index in [1.165, 1.54) is 18.3 Å². The molecule has 0 unspecified atom stereocenters. The molecular formula is C14H14N4O2S. The van der Waals surface area contributed by atoms with E-state index in [0.29, 0.717) is 11.3 Å². The van der Waals surface area contributed by atoms with Crippen LogP contribution in [0.4, 0.5) is 0 Å². The van der Waals surface area contributed by atoms with E-state index in [-0.39, 0.29) is 18.0 Å². The number of nitrogens with one attached hydrogen (secondary N) is 1. The highest BCUT2D eigenvalue weighted by Gasteiger charge is 2.14. The molecule has 2 aromatic rings. The number of nitrogens with two attached hydrogens (primary N) is 1. The van der Waals surface area contributed by atoms with Crippen LogP contribution in [0.15, 0.2) is 47.5 Å². The molecule has 1 heterocycles. The summed E-state index contributed by atoms with van der Waals surface area (Å²) in [4.78, 5) is 0.148. The average Bonchev–Trinajstić information content (AvgIpc) is 2.52. The third kappa shape index (κ3) is 4.36. The van der Waals surface area contributed by atoms with E-state index in [4.69, 9.17) is 5.73 Å². The summed E-state index contributed by atoms with van der Waals surface area (Å²) in [5, 5.41) is 7.51.